The Balaban J connectivity index is 1.51. The van der Waals surface area contributed by atoms with E-state index in [1.807, 2.05) is 19.1 Å². The van der Waals surface area contributed by atoms with Crippen molar-refractivity contribution in [3.05, 3.63) is 80.3 Å². The molecule has 0 unspecified atom stereocenters. The number of rotatable bonds is 4. The number of nitrogens with one attached hydrogen (secondary N) is 1. The molecule has 0 saturated carbocycles. The number of aryl methyl sites for hydroxylation is 1. The Morgan fingerprint density at radius 2 is 2.06 bits per heavy atom. The first-order chi connectivity index (χ1) is 15.4. The lowest BCUT2D eigenvalue weighted by atomic mass is 10.1. The number of halogens is 1. The lowest BCUT2D eigenvalue weighted by Gasteiger charge is -2.09. The van der Waals surface area contributed by atoms with E-state index in [1.165, 1.54) is 6.07 Å². The molecule has 5 rings (SSSR count). The maximum Gasteiger partial charge on any atom is 0.287 e. The molecule has 0 radical (unpaired) electrons. The summed E-state index contributed by atoms with van der Waals surface area (Å²) in [5.74, 6) is -0.0744. The van der Waals surface area contributed by atoms with Crippen LogP contribution in [-0.4, -0.2) is 20.8 Å². The molecule has 1 amide bonds. The van der Waals surface area contributed by atoms with Crippen LogP contribution in [0.5, 0.6) is 0 Å². The minimum absolute atomic E-state index is 0.0869. The Kier molecular flexibility index (Phi) is 4.84. The van der Waals surface area contributed by atoms with Gasteiger partial charge in [-0.1, -0.05) is 29.8 Å². The summed E-state index contributed by atoms with van der Waals surface area (Å²) in [6, 6.07) is 13.6. The van der Waals surface area contributed by atoms with E-state index in [2.05, 4.69) is 15.3 Å². The van der Waals surface area contributed by atoms with Gasteiger partial charge in [0.25, 0.3) is 11.6 Å². The average Bonchev–Trinajstić information content (AvgIpc) is 3.36. The van der Waals surface area contributed by atoms with Crippen molar-refractivity contribution in [3.63, 3.8) is 0 Å². The second kappa shape index (κ2) is 7.70. The lowest BCUT2D eigenvalue weighted by Crippen LogP contribution is -2.11. The summed E-state index contributed by atoms with van der Waals surface area (Å²) in [5.41, 5.74) is 3.00. The number of non-ortho nitro benzene ring substituents is 1. The first kappa shape index (κ1) is 20.1. The van der Waals surface area contributed by atoms with Crippen molar-refractivity contribution in [1.82, 2.24) is 9.97 Å². The molecule has 0 atom stereocenters. The van der Waals surface area contributed by atoms with E-state index >= 15 is 0 Å². The van der Waals surface area contributed by atoms with Gasteiger partial charge in [-0.3, -0.25) is 14.9 Å². The van der Waals surface area contributed by atoms with Gasteiger partial charge in [0, 0.05) is 28.9 Å². The predicted octanol–water partition coefficient (Wildman–Crippen LogP) is 6.23. The van der Waals surface area contributed by atoms with Crippen LogP contribution < -0.4 is 5.32 Å². The van der Waals surface area contributed by atoms with Gasteiger partial charge in [-0.25, -0.2) is 4.98 Å². The number of amides is 1. The first-order valence-electron chi connectivity index (χ1n) is 9.41. The van der Waals surface area contributed by atoms with Crippen molar-refractivity contribution in [3.8, 4) is 11.5 Å². The number of thiophene rings is 1. The van der Waals surface area contributed by atoms with E-state index in [0.717, 1.165) is 16.9 Å². The fourth-order valence-corrected chi connectivity index (χ4v) is 4.81. The molecular weight excluding hydrogens is 452 g/mol. The molecule has 8 nitrogen and oxygen atoms in total. The molecule has 0 bridgehead atoms. The lowest BCUT2D eigenvalue weighted by molar-refractivity contribution is -0.382. The van der Waals surface area contributed by atoms with Crippen LogP contribution in [0.4, 0.5) is 11.4 Å². The van der Waals surface area contributed by atoms with Gasteiger partial charge in [0.05, 0.1) is 9.95 Å². The summed E-state index contributed by atoms with van der Waals surface area (Å²) >= 11 is 7.39. The van der Waals surface area contributed by atoms with Crippen LogP contribution in [0.2, 0.25) is 5.02 Å². The fourth-order valence-electron chi connectivity index (χ4n) is 3.33. The molecule has 3 aromatic heterocycles. The number of carbonyl (C=O) groups excluding carboxylic acids is 1. The van der Waals surface area contributed by atoms with Crippen LogP contribution in [-0.2, 0) is 0 Å². The molecule has 0 aliphatic carbocycles. The number of hydrogen-bond acceptors (Lipinski definition) is 7. The number of carbonyl (C=O) groups is 1. The molecule has 10 heteroatoms. The highest BCUT2D eigenvalue weighted by Gasteiger charge is 2.23. The van der Waals surface area contributed by atoms with Crippen LogP contribution in [0.25, 0.3) is 32.8 Å². The highest BCUT2D eigenvalue weighted by Crippen LogP contribution is 2.40. The van der Waals surface area contributed by atoms with Gasteiger partial charge in [0.2, 0.25) is 5.89 Å². The molecule has 0 saturated heterocycles. The SMILES string of the molecule is Cc1ccc(-c2nc3ncccc3o2)cc1NC(=O)c1sc2c([N+](=O)[O-])cccc2c1Cl. The summed E-state index contributed by atoms with van der Waals surface area (Å²) in [6.45, 7) is 1.85. The molecule has 0 spiro atoms. The highest BCUT2D eigenvalue weighted by atomic mass is 35.5. The molecule has 5 aromatic rings. The molecule has 32 heavy (non-hydrogen) atoms. The largest absolute Gasteiger partial charge is 0.434 e. The summed E-state index contributed by atoms with van der Waals surface area (Å²) in [4.78, 5) is 32.6. The number of fused-ring (bicyclic) bond motifs is 2. The van der Waals surface area contributed by atoms with Crippen LogP contribution in [0, 0.1) is 17.0 Å². The number of anilines is 1. The van der Waals surface area contributed by atoms with Crippen molar-refractivity contribution < 1.29 is 14.1 Å². The quantitative estimate of drug-likeness (QED) is 0.249. The van der Waals surface area contributed by atoms with Gasteiger partial charge in [-0.2, -0.15) is 4.98 Å². The molecule has 1 N–H and O–H groups in total. The van der Waals surface area contributed by atoms with E-state index < -0.39 is 10.8 Å². The van der Waals surface area contributed by atoms with Crippen LogP contribution in [0.3, 0.4) is 0 Å². The highest BCUT2D eigenvalue weighted by molar-refractivity contribution is 7.22. The zero-order chi connectivity index (χ0) is 22.4. The Labute approximate surface area is 189 Å². The van der Waals surface area contributed by atoms with Crippen molar-refractivity contribution >= 4 is 61.5 Å². The van der Waals surface area contributed by atoms with E-state index in [9.17, 15) is 14.9 Å². The molecule has 0 fully saturated rings. The first-order valence-corrected chi connectivity index (χ1v) is 10.6. The Hall–Kier alpha value is -3.82. The molecular formula is C22H13ClN4O4S. The van der Waals surface area contributed by atoms with Crippen molar-refractivity contribution in [2.75, 3.05) is 5.32 Å². The normalized spacial score (nSPS) is 11.2. The van der Waals surface area contributed by atoms with Gasteiger partial charge >= 0.3 is 0 Å². The van der Waals surface area contributed by atoms with Gasteiger partial charge in [-0.15, -0.1) is 11.3 Å². The topological polar surface area (TPSA) is 111 Å². The Bertz CT molecular complexity index is 1510. The maximum absolute atomic E-state index is 13.0. The summed E-state index contributed by atoms with van der Waals surface area (Å²) < 4.78 is 6.12. The van der Waals surface area contributed by atoms with Crippen molar-refractivity contribution in [2.24, 2.45) is 0 Å². The number of oxazole rings is 1. The van der Waals surface area contributed by atoms with E-state index in [-0.39, 0.29) is 15.6 Å². The zero-order valence-corrected chi connectivity index (χ0v) is 18.0. The van der Waals surface area contributed by atoms with Crippen molar-refractivity contribution in [1.29, 1.82) is 0 Å². The zero-order valence-electron chi connectivity index (χ0n) is 16.5. The number of hydrogen-bond donors (Lipinski definition) is 1. The monoisotopic (exact) mass is 464 g/mol. The standard InChI is InChI=1S/C22H13ClN4O4S/c1-11-7-8-12(22-26-20-16(31-22)6-3-9-24-20)10-14(11)25-21(28)19-17(23)13-4-2-5-15(27(29)30)18(13)32-19/h2-10H,1H3,(H,25,28). The van der Waals surface area contributed by atoms with Crippen LogP contribution >= 0.6 is 22.9 Å². The second-order valence-electron chi connectivity index (χ2n) is 6.98. The van der Waals surface area contributed by atoms with Gasteiger partial charge in [-0.05, 0) is 36.8 Å². The smallest absolute Gasteiger partial charge is 0.287 e. The number of pyridine rings is 1. The summed E-state index contributed by atoms with van der Waals surface area (Å²) in [5, 5.41) is 14.8. The third kappa shape index (κ3) is 3.37. The third-order valence-corrected chi connectivity index (χ3v) is 6.67. The van der Waals surface area contributed by atoms with Crippen LogP contribution in [0.1, 0.15) is 15.2 Å². The number of aromatic nitrogens is 2. The van der Waals surface area contributed by atoms with E-state index in [4.69, 9.17) is 16.0 Å². The Morgan fingerprint density at radius 1 is 1.22 bits per heavy atom. The average molecular weight is 465 g/mol. The number of nitro groups is 1. The predicted molar refractivity (Wildman–Crippen MR) is 123 cm³/mol. The molecule has 0 aliphatic rings. The molecule has 3 heterocycles. The van der Waals surface area contributed by atoms with Crippen molar-refractivity contribution in [2.45, 2.75) is 6.92 Å². The maximum atomic E-state index is 13.0. The molecule has 158 valence electrons. The van der Waals surface area contributed by atoms with Gasteiger partial charge < -0.3 is 9.73 Å². The Morgan fingerprint density at radius 3 is 2.84 bits per heavy atom. The minimum Gasteiger partial charge on any atom is -0.434 e. The third-order valence-electron chi connectivity index (χ3n) is 4.93. The van der Waals surface area contributed by atoms with E-state index in [0.29, 0.717) is 38.5 Å². The number of nitro benzene ring substituents is 1. The van der Waals surface area contributed by atoms with Crippen LogP contribution in [0.15, 0.2) is 59.1 Å². The summed E-state index contributed by atoms with van der Waals surface area (Å²) in [6.07, 6.45) is 1.63. The summed E-state index contributed by atoms with van der Waals surface area (Å²) in [7, 11) is 0. The number of nitrogens with zero attached hydrogens (tertiary/aromatic N) is 3. The number of benzene rings is 2. The van der Waals surface area contributed by atoms with Gasteiger partial charge in [0.1, 0.15) is 9.58 Å². The fraction of sp³-hybridized carbons (Fsp3) is 0.0455. The van der Waals surface area contributed by atoms with Gasteiger partial charge in [0.15, 0.2) is 11.2 Å². The van der Waals surface area contributed by atoms with E-state index in [1.54, 1.807) is 36.5 Å². The molecule has 2 aromatic carbocycles. The minimum atomic E-state index is -0.486. The second-order valence-corrected chi connectivity index (χ2v) is 8.38. The molecule has 0 aliphatic heterocycles.